The van der Waals surface area contributed by atoms with Crippen LogP contribution in [-0.2, 0) is 19.4 Å². The summed E-state index contributed by atoms with van der Waals surface area (Å²) < 4.78 is 2.10. The summed E-state index contributed by atoms with van der Waals surface area (Å²) in [6.07, 6.45) is 5.24. The van der Waals surface area contributed by atoms with Crippen molar-refractivity contribution >= 4 is 11.8 Å². The Morgan fingerprint density at radius 2 is 1.80 bits per heavy atom. The number of Topliss-reactive ketones (excluding diaryl/α,β-unsaturated/α-hetero) is 1. The number of carboxylic acid groups (broad SMARTS) is 1. The Labute approximate surface area is 176 Å². The summed E-state index contributed by atoms with van der Waals surface area (Å²) in [5.41, 5.74) is 4.67. The molecular weight excluding hydrogens is 376 g/mol. The molecule has 1 aliphatic rings. The average Bonchev–Trinajstić information content (AvgIpc) is 2.97. The Balaban J connectivity index is 1.67. The van der Waals surface area contributed by atoms with E-state index < -0.39 is 5.97 Å². The number of hydrogen-bond donors (Lipinski definition) is 1. The number of aryl methyl sites for hydroxylation is 2. The molecule has 4 rings (SSSR count). The van der Waals surface area contributed by atoms with Crippen LogP contribution in [0.25, 0.3) is 11.1 Å². The lowest BCUT2D eigenvalue weighted by Crippen LogP contribution is -2.13. The van der Waals surface area contributed by atoms with Crippen molar-refractivity contribution in [3.63, 3.8) is 0 Å². The molecule has 2 aromatic carbocycles. The van der Waals surface area contributed by atoms with Gasteiger partial charge < -0.3 is 9.67 Å². The topological polar surface area (TPSA) is 72.2 Å². The Hall–Kier alpha value is -3.21. The van der Waals surface area contributed by atoms with Crippen LogP contribution < -0.4 is 0 Å². The molecule has 0 saturated heterocycles. The number of ketones is 1. The fourth-order valence-corrected chi connectivity index (χ4v) is 4.21. The lowest BCUT2D eigenvalue weighted by molar-refractivity contribution is 0.0697. The van der Waals surface area contributed by atoms with Gasteiger partial charge in [0.2, 0.25) is 0 Å². The number of rotatable bonds is 6. The lowest BCUT2D eigenvalue weighted by atomic mass is 9.98. The first-order chi connectivity index (χ1) is 14.6. The van der Waals surface area contributed by atoms with Gasteiger partial charge >= 0.3 is 5.97 Å². The molecule has 5 heteroatoms. The predicted molar refractivity (Wildman–Crippen MR) is 116 cm³/mol. The van der Waals surface area contributed by atoms with Gasteiger partial charge in [0.1, 0.15) is 11.5 Å². The minimum atomic E-state index is -0.932. The van der Waals surface area contributed by atoms with Crippen molar-refractivity contribution in [2.24, 2.45) is 0 Å². The Kier molecular flexibility index (Phi) is 5.79. The van der Waals surface area contributed by atoms with E-state index in [-0.39, 0.29) is 5.78 Å². The molecule has 1 heterocycles. The van der Waals surface area contributed by atoms with Crippen LogP contribution in [0.5, 0.6) is 0 Å². The van der Waals surface area contributed by atoms with Crippen LogP contribution in [0.1, 0.15) is 70.5 Å². The predicted octanol–water partition coefficient (Wildman–Crippen LogP) is 5.16. The summed E-state index contributed by atoms with van der Waals surface area (Å²) in [6.45, 7) is 2.73. The third kappa shape index (κ3) is 3.92. The first-order valence-corrected chi connectivity index (χ1v) is 10.6. The summed E-state index contributed by atoms with van der Waals surface area (Å²) in [5.74, 6) is 0.251. The fourth-order valence-electron chi connectivity index (χ4n) is 4.21. The van der Waals surface area contributed by atoms with Gasteiger partial charge in [0, 0.05) is 19.4 Å². The van der Waals surface area contributed by atoms with Gasteiger partial charge in [-0.05, 0) is 48.4 Å². The van der Waals surface area contributed by atoms with Gasteiger partial charge in [-0.15, -0.1) is 0 Å². The maximum Gasteiger partial charge on any atom is 0.336 e. The zero-order valence-electron chi connectivity index (χ0n) is 17.2. The summed E-state index contributed by atoms with van der Waals surface area (Å²) in [4.78, 5) is 29.1. The standard InChI is InChI=1S/C25H26N2O3/c1-2-7-23-26-21-10-5-6-11-22(28)24(21)27(23)16-17-12-14-18(15-13-17)19-8-3-4-9-20(19)25(29)30/h3-4,8-9,12-15H,2,5-7,10-11,16H2,1H3,(H,29,30). The van der Waals surface area contributed by atoms with E-state index in [0.717, 1.165) is 60.4 Å². The van der Waals surface area contributed by atoms with Crippen LogP contribution in [0.2, 0.25) is 0 Å². The van der Waals surface area contributed by atoms with Crippen molar-refractivity contribution in [1.29, 1.82) is 0 Å². The minimum absolute atomic E-state index is 0.198. The number of aromatic carboxylic acids is 1. The van der Waals surface area contributed by atoms with Gasteiger partial charge in [-0.2, -0.15) is 0 Å². The Morgan fingerprint density at radius 1 is 1.07 bits per heavy atom. The molecule has 0 spiro atoms. The van der Waals surface area contributed by atoms with E-state index in [2.05, 4.69) is 11.5 Å². The van der Waals surface area contributed by atoms with Crippen molar-refractivity contribution in [1.82, 2.24) is 9.55 Å². The van der Waals surface area contributed by atoms with Gasteiger partial charge in [-0.1, -0.05) is 49.4 Å². The molecule has 0 radical (unpaired) electrons. The molecule has 0 bridgehead atoms. The van der Waals surface area contributed by atoms with E-state index >= 15 is 0 Å². The number of aromatic nitrogens is 2. The third-order valence-electron chi connectivity index (χ3n) is 5.69. The second-order valence-electron chi connectivity index (χ2n) is 7.84. The molecule has 0 unspecified atom stereocenters. The van der Waals surface area contributed by atoms with E-state index in [0.29, 0.717) is 24.1 Å². The minimum Gasteiger partial charge on any atom is -0.478 e. The van der Waals surface area contributed by atoms with Crippen LogP contribution in [0.3, 0.4) is 0 Å². The van der Waals surface area contributed by atoms with E-state index in [1.807, 2.05) is 36.4 Å². The average molecular weight is 402 g/mol. The van der Waals surface area contributed by atoms with Gasteiger partial charge in [-0.25, -0.2) is 9.78 Å². The second-order valence-corrected chi connectivity index (χ2v) is 7.84. The maximum absolute atomic E-state index is 12.8. The molecular formula is C25H26N2O3. The highest BCUT2D eigenvalue weighted by Gasteiger charge is 2.24. The number of fused-ring (bicyclic) bond motifs is 1. The number of benzene rings is 2. The number of imidazole rings is 1. The summed E-state index contributed by atoms with van der Waals surface area (Å²) >= 11 is 0. The number of carboxylic acids is 1. The molecule has 0 fully saturated rings. The van der Waals surface area contributed by atoms with Crippen LogP contribution in [0.15, 0.2) is 48.5 Å². The first kappa shape index (κ1) is 20.1. The number of carbonyl (C=O) groups is 2. The van der Waals surface area contributed by atoms with Crippen molar-refractivity contribution in [3.05, 3.63) is 76.9 Å². The van der Waals surface area contributed by atoms with Crippen LogP contribution in [-0.4, -0.2) is 26.4 Å². The van der Waals surface area contributed by atoms with Crippen LogP contribution >= 0.6 is 0 Å². The van der Waals surface area contributed by atoms with Crippen molar-refractivity contribution in [2.45, 2.75) is 52.0 Å². The van der Waals surface area contributed by atoms with Crippen molar-refractivity contribution < 1.29 is 14.7 Å². The van der Waals surface area contributed by atoms with Crippen molar-refractivity contribution in [2.75, 3.05) is 0 Å². The highest BCUT2D eigenvalue weighted by molar-refractivity contribution is 5.96. The van der Waals surface area contributed by atoms with Crippen LogP contribution in [0.4, 0.5) is 0 Å². The molecule has 154 valence electrons. The fraction of sp³-hybridized carbons (Fsp3) is 0.320. The van der Waals surface area contributed by atoms with E-state index in [9.17, 15) is 14.7 Å². The normalized spacial score (nSPS) is 13.7. The molecule has 0 atom stereocenters. The van der Waals surface area contributed by atoms with Crippen LogP contribution in [0, 0.1) is 0 Å². The molecule has 1 aromatic heterocycles. The molecule has 0 amide bonds. The lowest BCUT2D eigenvalue weighted by Gasteiger charge is -2.12. The second kappa shape index (κ2) is 8.66. The van der Waals surface area contributed by atoms with E-state index in [1.54, 1.807) is 12.1 Å². The largest absolute Gasteiger partial charge is 0.478 e. The SMILES string of the molecule is CCCc1nc2c(n1Cc1ccc(-c3ccccc3C(=O)O)cc1)C(=O)CCCC2. The summed E-state index contributed by atoms with van der Waals surface area (Å²) in [6, 6.07) is 15.0. The molecule has 0 saturated carbocycles. The van der Waals surface area contributed by atoms with Gasteiger partial charge in [0.15, 0.2) is 5.78 Å². The van der Waals surface area contributed by atoms with E-state index in [1.165, 1.54) is 0 Å². The van der Waals surface area contributed by atoms with Crippen molar-refractivity contribution in [3.8, 4) is 11.1 Å². The van der Waals surface area contributed by atoms with Gasteiger partial charge in [-0.3, -0.25) is 4.79 Å². The molecule has 3 aromatic rings. The Morgan fingerprint density at radius 3 is 2.53 bits per heavy atom. The van der Waals surface area contributed by atoms with Gasteiger partial charge in [0.05, 0.1) is 11.3 Å². The number of carbonyl (C=O) groups excluding carboxylic acids is 1. The highest BCUT2D eigenvalue weighted by Crippen LogP contribution is 2.26. The van der Waals surface area contributed by atoms with E-state index in [4.69, 9.17) is 4.98 Å². The molecule has 30 heavy (non-hydrogen) atoms. The zero-order chi connectivity index (χ0) is 21.1. The first-order valence-electron chi connectivity index (χ1n) is 10.6. The quantitative estimate of drug-likeness (QED) is 0.578. The third-order valence-corrected chi connectivity index (χ3v) is 5.69. The smallest absolute Gasteiger partial charge is 0.336 e. The maximum atomic E-state index is 12.8. The molecule has 1 N–H and O–H groups in total. The summed E-state index contributed by atoms with van der Waals surface area (Å²) in [5, 5.41) is 9.45. The Bertz CT molecular complexity index is 1080. The molecule has 5 nitrogen and oxygen atoms in total. The zero-order valence-corrected chi connectivity index (χ0v) is 17.2. The molecule has 1 aliphatic carbocycles. The van der Waals surface area contributed by atoms with Gasteiger partial charge in [0.25, 0.3) is 0 Å². The molecule has 0 aliphatic heterocycles. The summed E-state index contributed by atoms with van der Waals surface area (Å²) in [7, 11) is 0. The monoisotopic (exact) mass is 402 g/mol. The number of nitrogens with zero attached hydrogens (tertiary/aromatic N) is 2. The number of hydrogen-bond acceptors (Lipinski definition) is 3. The highest BCUT2D eigenvalue weighted by atomic mass is 16.4.